The highest BCUT2D eigenvalue weighted by Crippen LogP contribution is 2.38. The molecule has 1 saturated heterocycles. The first-order chi connectivity index (χ1) is 12.4. The molecule has 0 aromatic heterocycles. The van der Waals surface area contributed by atoms with E-state index in [1.807, 2.05) is 18.4 Å². The van der Waals surface area contributed by atoms with Crippen molar-refractivity contribution in [2.24, 2.45) is 4.40 Å². The Balaban J connectivity index is 1.57. The highest BCUT2D eigenvalue weighted by atomic mass is 32.2. The van der Waals surface area contributed by atoms with Gasteiger partial charge in [-0.2, -0.15) is 12.8 Å². The van der Waals surface area contributed by atoms with Gasteiger partial charge in [0.1, 0.15) is 11.4 Å². The molecule has 2 unspecified atom stereocenters. The van der Waals surface area contributed by atoms with E-state index in [2.05, 4.69) is 4.40 Å². The van der Waals surface area contributed by atoms with E-state index in [1.54, 1.807) is 12.1 Å². The van der Waals surface area contributed by atoms with E-state index >= 15 is 0 Å². The summed E-state index contributed by atoms with van der Waals surface area (Å²) in [7, 11) is -3.82. The Labute approximate surface area is 155 Å². The van der Waals surface area contributed by atoms with E-state index < -0.39 is 15.8 Å². The van der Waals surface area contributed by atoms with E-state index in [9.17, 15) is 13.2 Å². The minimum Gasteiger partial charge on any atom is -0.424 e. The Morgan fingerprint density at radius 2 is 1.85 bits per heavy atom. The van der Waals surface area contributed by atoms with Crippen molar-refractivity contribution in [3.8, 4) is 0 Å². The summed E-state index contributed by atoms with van der Waals surface area (Å²) in [5.74, 6) is -1.68. The second-order valence-corrected chi connectivity index (χ2v) is 8.74. The summed E-state index contributed by atoms with van der Waals surface area (Å²) in [6.45, 7) is 1.88. The van der Waals surface area contributed by atoms with Gasteiger partial charge in [0.05, 0.1) is 10.6 Å². The van der Waals surface area contributed by atoms with Crippen LogP contribution in [0.25, 0.3) is 0 Å². The van der Waals surface area contributed by atoms with Crippen LogP contribution in [0.2, 0.25) is 0 Å². The second kappa shape index (κ2) is 6.22. The van der Waals surface area contributed by atoms with Gasteiger partial charge in [-0.25, -0.2) is 0 Å². The summed E-state index contributed by atoms with van der Waals surface area (Å²) >= 11 is 1.36. The zero-order valence-electron chi connectivity index (χ0n) is 13.7. The van der Waals surface area contributed by atoms with Gasteiger partial charge in [0, 0.05) is 0 Å². The molecule has 0 amide bonds. The van der Waals surface area contributed by atoms with Crippen LogP contribution in [-0.4, -0.2) is 37.2 Å². The number of aryl methyl sites for hydroxylation is 1. The van der Waals surface area contributed by atoms with E-state index in [0.29, 0.717) is 0 Å². The lowest BCUT2D eigenvalue weighted by molar-refractivity contribution is -0.221. The Morgan fingerprint density at radius 1 is 1.15 bits per heavy atom. The monoisotopic (exact) mass is 389 g/mol. The summed E-state index contributed by atoms with van der Waals surface area (Å²) in [6, 6.07) is 6.46. The number of fused-ring (bicyclic) bond motifs is 1. The van der Waals surface area contributed by atoms with Crippen LogP contribution in [0.15, 0.2) is 69.3 Å². The number of carbonyl (C=O) groups excluding carboxylic acids is 1. The molecule has 1 spiro atoms. The molecule has 0 saturated carbocycles. The number of ether oxygens (including phenoxy) is 2. The largest absolute Gasteiger partial charge is 0.424 e. The van der Waals surface area contributed by atoms with Crippen molar-refractivity contribution in [3.63, 3.8) is 0 Å². The van der Waals surface area contributed by atoms with Gasteiger partial charge in [-0.15, -0.1) is 11.8 Å². The van der Waals surface area contributed by atoms with Crippen LogP contribution in [0.1, 0.15) is 5.56 Å². The van der Waals surface area contributed by atoms with Crippen molar-refractivity contribution >= 4 is 33.5 Å². The number of rotatable bonds is 2. The van der Waals surface area contributed by atoms with Crippen molar-refractivity contribution in [3.05, 3.63) is 65.6 Å². The number of hydrogen-bond donors (Lipinski definition) is 0. The van der Waals surface area contributed by atoms with Gasteiger partial charge in [0.25, 0.3) is 15.8 Å². The molecule has 2 aliphatic heterocycles. The summed E-state index contributed by atoms with van der Waals surface area (Å²) in [5, 5.41) is 1.42. The minimum absolute atomic E-state index is 0.119. The second-order valence-electron chi connectivity index (χ2n) is 6.08. The third-order valence-electron chi connectivity index (χ3n) is 4.12. The molecule has 0 radical (unpaired) electrons. The third kappa shape index (κ3) is 3.15. The third-order valence-corrected chi connectivity index (χ3v) is 6.51. The molecular formula is C18H15NO5S2. The average molecular weight is 389 g/mol. The van der Waals surface area contributed by atoms with Crippen molar-refractivity contribution in [2.45, 2.75) is 29.0 Å². The number of thioether (sulfide) groups is 1. The zero-order chi connectivity index (χ0) is 18.4. The first kappa shape index (κ1) is 17.3. The summed E-state index contributed by atoms with van der Waals surface area (Å²) in [5.41, 5.74) is 1.19. The molecule has 0 bridgehead atoms. The Hall–Kier alpha value is -2.16. The standard InChI is InChI=1S/C18H15NO5S2/c1-12-2-4-14(5-3-12)26(21,22)19-13-6-9-18(10-7-13)23-15-8-11-25-16(15)17(20)24-18/h2-11,15-16H,1H3. The smallest absolute Gasteiger partial charge is 0.325 e. The molecule has 8 heteroatoms. The van der Waals surface area contributed by atoms with E-state index in [4.69, 9.17) is 9.47 Å². The van der Waals surface area contributed by atoms with Crippen molar-refractivity contribution in [1.82, 2.24) is 0 Å². The number of esters is 1. The van der Waals surface area contributed by atoms with Gasteiger partial charge in [-0.05, 0) is 54.8 Å². The number of nitrogens with zero attached hydrogens (tertiary/aromatic N) is 1. The maximum absolute atomic E-state index is 12.4. The highest BCUT2D eigenvalue weighted by molar-refractivity contribution is 8.03. The highest BCUT2D eigenvalue weighted by Gasteiger charge is 2.47. The molecule has 0 N–H and O–H groups in total. The summed E-state index contributed by atoms with van der Waals surface area (Å²) < 4.78 is 39.9. The fraction of sp³-hybridized carbons (Fsp3) is 0.222. The number of sulfonamides is 1. The first-order valence-corrected chi connectivity index (χ1v) is 10.3. The summed E-state index contributed by atoms with van der Waals surface area (Å²) in [4.78, 5) is 12.2. The normalized spacial score (nSPS) is 29.7. The van der Waals surface area contributed by atoms with Gasteiger partial charge < -0.3 is 9.47 Å². The molecule has 2 heterocycles. The molecule has 4 rings (SSSR count). The van der Waals surface area contributed by atoms with Crippen LogP contribution in [-0.2, 0) is 24.3 Å². The van der Waals surface area contributed by atoms with Crippen LogP contribution < -0.4 is 0 Å². The lowest BCUT2D eigenvalue weighted by atomic mass is 10.1. The zero-order valence-corrected chi connectivity index (χ0v) is 15.4. The quantitative estimate of drug-likeness (QED) is 0.723. The molecule has 26 heavy (non-hydrogen) atoms. The Kier molecular flexibility index (Phi) is 4.13. The number of hydrogen-bond acceptors (Lipinski definition) is 6. The van der Waals surface area contributed by atoms with E-state index in [1.165, 1.54) is 48.2 Å². The molecular weight excluding hydrogens is 374 g/mol. The number of carbonyl (C=O) groups is 1. The number of allylic oxidation sites excluding steroid dienone is 2. The maximum Gasteiger partial charge on any atom is 0.325 e. The van der Waals surface area contributed by atoms with Crippen LogP contribution >= 0.6 is 11.8 Å². The van der Waals surface area contributed by atoms with Gasteiger partial charge in [-0.3, -0.25) is 4.79 Å². The van der Waals surface area contributed by atoms with Crippen molar-refractivity contribution < 1.29 is 22.7 Å². The van der Waals surface area contributed by atoms with Gasteiger partial charge in [0.2, 0.25) is 0 Å². The summed E-state index contributed by atoms with van der Waals surface area (Å²) in [6.07, 6.45) is 7.40. The van der Waals surface area contributed by atoms with E-state index in [-0.39, 0.29) is 27.9 Å². The lowest BCUT2D eigenvalue weighted by Crippen LogP contribution is -2.50. The molecule has 1 aromatic rings. The fourth-order valence-corrected chi connectivity index (χ4v) is 4.61. The molecule has 6 nitrogen and oxygen atoms in total. The average Bonchev–Trinajstić information content (AvgIpc) is 3.06. The SMILES string of the molecule is Cc1ccc(S(=O)(=O)N=C2C=CC3(C=C2)OC(=O)C2SC=CC2O3)cc1. The lowest BCUT2D eigenvalue weighted by Gasteiger charge is -2.38. The molecule has 2 atom stereocenters. The topological polar surface area (TPSA) is 82.0 Å². The fourth-order valence-electron chi connectivity index (χ4n) is 2.75. The van der Waals surface area contributed by atoms with Crippen LogP contribution in [0.4, 0.5) is 0 Å². The maximum atomic E-state index is 12.4. The van der Waals surface area contributed by atoms with Gasteiger partial charge >= 0.3 is 5.97 Å². The Morgan fingerprint density at radius 3 is 2.54 bits per heavy atom. The predicted octanol–water partition coefficient (Wildman–Crippen LogP) is 2.52. The molecule has 1 aliphatic carbocycles. The van der Waals surface area contributed by atoms with Crippen LogP contribution in [0.3, 0.4) is 0 Å². The van der Waals surface area contributed by atoms with E-state index in [0.717, 1.165) is 5.56 Å². The Bertz CT molecular complexity index is 957. The van der Waals surface area contributed by atoms with Gasteiger partial charge in [0.15, 0.2) is 0 Å². The molecule has 1 aromatic carbocycles. The van der Waals surface area contributed by atoms with Crippen LogP contribution in [0, 0.1) is 6.92 Å². The van der Waals surface area contributed by atoms with Gasteiger partial charge in [-0.1, -0.05) is 17.7 Å². The van der Waals surface area contributed by atoms with Crippen molar-refractivity contribution in [2.75, 3.05) is 0 Å². The molecule has 3 aliphatic rings. The van der Waals surface area contributed by atoms with Crippen molar-refractivity contribution in [1.29, 1.82) is 0 Å². The molecule has 134 valence electrons. The number of benzene rings is 1. The molecule has 1 fully saturated rings. The van der Waals surface area contributed by atoms with Crippen LogP contribution in [0.5, 0.6) is 0 Å². The minimum atomic E-state index is -3.82. The first-order valence-electron chi connectivity index (χ1n) is 7.90. The predicted molar refractivity (Wildman–Crippen MR) is 98.3 cm³/mol.